The third-order valence-electron chi connectivity index (χ3n) is 2.88. The van der Waals surface area contributed by atoms with Crippen LogP contribution in [0.15, 0.2) is 54.1 Å². The first-order valence-electron chi connectivity index (χ1n) is 6.95. The molecule has 0 atom stereocenters. The Morgan fingerprint density at radius 2 is 1.96 bits per heavy atom. The largest absolute Gasteiger partial charge is 0.427 e. The molecular formula is C18H13IN2O3. The van der Waals surface area contributed by atoms with Gasteiger partial charge in [0.2, 0.25) is 0 Å². The van der Waals surface area contributed by atoms with Crippen molar-refractivity contribution in [2.45, 2.75) is 6.92 Å². The number of hydrogen-bond acceptors (Lipinski definition) is 4. The number of amides is 1. The van der Waals surface area contributed by atoms with Gasteiger partial charge < -0.3 is 10.1 Å². The number of halogens is 1. The third-order valence-corrected chi connectivity index (χ3v) is 3.55. The molecule has 0 unspecified atom stereocenters. The number of rotatable bonds is 4. The molecule has 0 aliphatic rings. The average molecular weight is 432 g/mol. The lowest BCUT2D eigenvalue weighted by Crippen LogP contribution is -2.13. The van der Waals surface area contributed by atoms with Crippen molar-refractivity contribution < 1.29 is 14.3 Å². The molecule has 0 bridgehead atoms. The second-order valence-corrected chi connectivity index (χ2v) is 6.05. The van der Waals surface area contributed by atoms with E-state index < -0.39 is 11.9 Å². The van der Waals surface area contributed by atoms with Crippen LogP contribution in [0.25, 0.3) is 6.08 Å². The first-order valence-corrected chi connectivity index (χ1v) is 8.03. The van der Waals surface area contributed by atoms with Gasteiger partial charge in [0.05, 0.1) is 0 Å². The molecule has 24 heavy (non-hydrogen) atoms. The molecule has 0 fully saturated rings. The Morgan fingerprint density at radius 3 is 2.62 bits per heavy atom. The molecule has 0 heterocycles. The van der Waals surface area contributed by atoms with Gasteiger partial charge in [-0.25, -0.2) is 0 Å². The standard InChI is InChI=1S/C18H13IN2O3/c1-12(22)24-17-7-2-4-13(9-17)8-14(11-20)18(23)21-16-6-3-5-15(19)10-16/h2-10H,1H3,(H,21,23)/b14-8+. The molecule has 0 aliphatic heterocycles. The van der Waals surface area contributed by atoms with E-state index in [1.54, 1.807) is 36.4 Å². The topological polar surface area (TPSA) is 79.2 Å². The first-order chi connectivity index (χ1) is 11.5. The maximum atomic E-state index is 12.2. The van der Waals surface area contributed by atoms with Crippen molar-refractivity contribution in [2.24, 2.45) is 0 Å². The first kappa shape index (κ1) is 17.7. The van der Waals surface area contributed by atoms with Gasteiger partial charge in [0.25, 0.3) is 5.91 Å². The minimum absolute atomic E-state index is 0.0474. The minimum Gasteiger partial charge on any atom is -0.427 e. The number of carbonyl (C=O) groups excluding carboxylic acids is 2. The number of anilines is 1. The molecule has 0 aromatic heterocycles. The number of nitrogens with one attached hydrogen (secondary N) is 1. The van der Waals surface area contributed by atoms with Crippen molar-refractivity contribution in [1.82, 2.24) is 0 Å². The second-order valence-electron chi connectivity index (χ2n) is 4.80. The van der Waals surface area contributed by atoms with Gasteiger partial charge in [-0.2, -0.15) is 5.26 Å². The van der Waals surface area contributed by atoms with E-state index in [2.05, 4.69) is 27.9 Å². The van der Waals surface area contributed by atoms with Crippen LogP contribution in [0.1, 0.15) is 12.5 Å². The Bertz CT molecular complexity index is 853. The summed E-state index contributed by atoms with van der Waals surface area (Å²) in [5.74, 6) is -0.586. The summed E-state index contributed by atoms with van der Waals surface area (Å²) in [5, 5.41) is 11.9. The van der Waals surface area contributed by atoms with Crippen LogP contribution < -0.4 is 10.1 Å². The van der Waals surface area contributed by atoms with Gasteiger partial charge in [-0.15, -0.1) is 0 Å². The molecule has 0 saturated heterocycles. The minimum atomic E-state index is -0.502. The fourth-order valence-corrected chi connectivity index (χ4v) is 2.46. The molecule has 6 heteroatoms. The zero-order valence-corrected chi connectivity index (χ0v) is 14.9. The highest BCUT2D eigenvalue weighted by atomic mass is 127. The average Bonchev–Trinajstić information content (AvgIpc) is 2.52. The molecule has 2 rings (SSSR count). The van der Waals surface area contributed by atoms with Crippen LogP contribution in [0, 0.1) is 14.9 Å². The van der Waals surface area contributed by atoms with Gasteiger partial charge in [-0.05, 0) is 64.6 Å². The third kappa shape index (κ3) is 5.21. The quantitative estimate of drug-likeness (QED) is 0.262. The van der Waals surface area contributed by atoms with E-state index in [0.717, 1.165) is 3.57 Å². The van der Waals surface area contributed by atoms with Gasteiger partial charge in [0.15, 0.2) is 0 Å². The Morgan fingerprint density at radius 1 is 1.21 bits per heavy atom. The molecule has 5 nitrogen and oxygen atoms in total. The Balaban J connectivity index is 2.21. The molecule has 120 valence electrons. The van der Waals surface area contributed by atoms with Gasteiger partial charge >= 0.3 is 5.97 Å². The molecule has 1 N–H and O–H groups in total. The molecule has 1 amide bonds. The predicted molar refractivity (Wildman–Crippen MR) is 99.1 cm³/mol. The van der Waals surface area contributed by atoms with Crippen LogP contribution in [0.2, 0.25) is 0 Å². The predicted octanol–water partition coefficient (Wildman–Crippen LogP) is 3.76. The number of carbonyl (C=O) groups is 2. The van der Waals surface area contributed by atoms with Crippen LogP contribution in [-0.4, -0.2) is 11.9 Å². The highest BCUT2D eigenvalue weighted by molar-refractivity contribution is 14.1. The van der Waals surface area contributed by atoms with Crippen LogP contribution in [0.5, 0.6) is 5.75 Å². The number of nitrogens with zero attached hydrogens (tertiary/aromatic N) is 1. The zero-order chi connectivity index (χ0) is 17.5. The summed E-state index contributed by atoms with van der Waals surface area (Å²) < 4.78 is 5.96. The highest BCUT2D eigenvalue weighted by Gasteiger charge is 2.10. The maximum Gasteiger partial charge on any atom is 0.308 e. The molecule has 0 radical (unpaired) electrons. The van der Waals surface area contributed by atoms with Crippen LogP contribution in [0.4, 0.5) is 5.69 Å². The summed E-state index contributed by atoms with van der Waals surface area (Å²) in [6, 6.07) is 15.7. The molecular weight excluding hydrogens is 419 g/mol. The molecule has 0 saturated carbocycles. The van der Waals surface area contributed by atoms with Crippen molar-refractivity contribution in [1.29, 1.82) is 5.26 Å². The van der Waals surface area contributed by atoms with Crippen LogP contribution >= 0.6 is 22.6 Å². The van der Waals surface area contributed by atoms with Crippen LogP contribution in [-0.2, 0) is 9.59 Å². The van der Waals surface area contributed by atoms with Crippen molar-refractivity contribution in [3.8, 4) is 11.8 Å². The lowest BCUT2D eigenvalue weighted by Gasteiger charge is -2.05. The highest BCUT2D eigenvalue weighted by Crippen LogP contribution is 2.17. The second kappa shape index (κ2) is 8.26. The van der Waals surface area contributed by atoms with Gasteiger partial charge in [0.1, 0.15) is 17.4 Å². The summed E-state index contributed by atoms with van der Waals surface area (Å²) in [6.45, 7) is 1.30. The number of nitriles is 1. The lowest BCUT2D eigenvalue weighted by atomic mass is 10.1. The Labute approximate surface area is 153 Å². The number of benzene rings is 2. The van der Waals surface area contributed by atoms with E-state index in [0.29, 0.717) is 17.0 Å². The summed E-state index contributed by atoms with van der Waals surface area (Å²) in [4.78, 5) is 23.2. The Hall–Kier alpha value is -2.66. The molecule has 0 aliphatic carbocycles. The SMILES string of the molecule is CC(=O)Oc1cccc(/C=C(\C#N)C(=O)Nc2cccc(I)c2)c1. The number of ether oxygens (including phenoxy) is 1. The molecule has 2 aromatic carbocycles. The number of hydrogen-bond donors (Lipinski definition) is 1. The van der Waals surface area contributed by atoms with E-state index >= 15 is 0 Å². The normalized spacial score (nSPS) is 10.6. The van der Waals surface area contributed by atoms with Crippen molar-refractivity contribution in [2.75, 3.05) is 5.32 Å². The smallest absolute Gasteiger partial charge is 0.308 e. The fourth-order valence-electron chi connectivity index (χ4n) is 1.91. The number of esters is 1. The van der Waals surface area contributed by atoms with Crippen molar-refractivity contribution in [3.05, 3.63) is 63.2 Å². The van der Waals surface area contributed by atoms with E-state index in [4.69, 9.17) is 4.74 Å². The monoisotopic (exact) mass is 432 g/mol. The summed E-state index contributed by atoms with van der Waals surface area (Å²) in [6.07, 6.45) is 1.44. The Kier molecular flexibility index (Phi) is 6.09. The summed E-state index contributed by atoms with van der Waals surface area (Å²) in [7, 11) is 0. The van der Waals surface area contributed by atoms with E-state index in [1.165, 1.54) is 13.0 Å². The van der Waals surface area contributed by atoms with Crippen molar-refractivity contribution >= 4 is 46.2 Å². The van der Waals surface area contributed by atoms with Gasteiger partial charge in [0, 0.05) is 16.2 Å². The van der Waals surface area contributed by atoms with Crippen molar-refractivity contribution in [3.63, 3.8) is 0 Å². The maximum absolute atomic E-state index is 12.2. The summed E-state index contributed by atoms with van der Waals surface area (Å²) >= 11 is 2.14. The lowest BCUT2D eigenvalue weighted by molar-refractivity contribution is -0.131. The zero-order valence-electron chi connectivity index (χ0n) is 12.7. The van der Waals surface area contributed by atoms with Crippen LogP contribution in [0.3, 0.4) is 0 Å². The van der Waals surface area contributed by atoms with E-state index in [-0.39, 0.29) is 5.57 Å². The fraction of sp³-hybridized carbons (Fsp3) is 0.0556. The summed E-state index contributed by atoms with van der Waals surface area (Å²) in [5.41, 5.74) is 1.15. The van der Waals surface area contributed by atoms with Gasteiger partial charge in [-0.1, -0.05) is 18.2 Å². The van der Waals surface area contributed by atoms with E-state index in [1.807, 2.05) is 18.2 Å². The molecule has 2 aromatic rings. The molecule has 0 spiro atoms. The van der Waals surface area contributed by atoms with Gasteiger partial charge in [-0.3, -0.25) is 9.59 Å². The van der Waals surface area contributed by atoms with E-state index in [9.17, 15) is 14.9 Å².